The van der Waals surface area contributed by atoms with Crippen LogP contribution in [0, 0.1) is 0 Å². The maximum absolute atomic E-state index is 9.38. The standard InChI is InChI=1S/C16H16ClNO3/c1-2-13(10-3-5-11(19)6-4-10)18-14-8-16-15(7-12(14)17)20-9-21-16/h3-8,13,18-19H,2,9H2,1H3. The molecule has 4 nitrogen and oxygen atoms in total. The first-order valence-electron chi connectivity index (χ1n) is 6.82. The van der Waals surface area contributed by atoms with Crippen LogP contribution in [0.3, 0.4) is 0 Å². The van der Waals surface area contributed by atoms with E-state index in [1.54, 1.807) is 18.2 Å². The van der Waals surface area contributed by atoms with Crippen LogP contribution < -0.4 is 14.8 Å². The van der Waals surface area contributed by atoms with E-state index < -0.39 is 0 Å². The average molecular weight is 306 g/mol. The monoisotopic (exact) mass is 305 g/mol. The molecule has 0 saturated carbocycles. The highest BCUT2D eigenvalue weighted by Crippen LogP contribution is 2.40. The van der Waals surface area contributed by atoms with E-state index >= 15 is 0 Å². The summed E-state index contributed by atoms with van der Waals surface area (Å²) in [6, 6.07) is 10.9. The summed E-state index contributed by atoms with van der Waals surface area (Å²) in [7, 11) is 0. The lowest BCUT2D eigenvalue weighted by atomic mass is 10.0. The highest BCUT2D eigenvalue weighted by atomic mass is 35.5. The highest BCUT2D eigenvalue weighted by molar-refractivity contribution is 6.33. The summed E-state index contributed by atoms with van der Waals surface area (Å²) in [5.41, 5.74) is 1.89. The van der Waals surface area contributed by atoms with Gasteiger partial charge >= 0.3 is 0 Å². The minimum atomic E-state index is 0.100. The quantitative estimate of drug-likeness (QED) is 0.882. The second-order valence-electron chi connectivity index (χ2n) is 4.88. The second-order valence-corrected chi connectivity index (χ2v) is 5.29. The molecule has 0 fully saturated rings. The van der Waals surface area contributed by atoms with Crippen LogP contribution in [0.2, 0.25) is 5.02 Å². The van der Waals surface area contributed by atoms with E-state index in [1.807, 2.05) is 18.2 Å². The summed E-state index contributed by atoms with van der Waals surface area (Å²) >= 11 is 6.28. The van der Waals surface area contributed by atoms with Crippen molar-refractivity contribution in [2.45, 2.75) is 19.4 Å². The molecule has 0 aromatic heterocycles. The Labute approximate surface area is 128 Å². The largest absolute Gasteiger partial charge is 0.508 e. The molecule has 1 aliphatic rings. The van der Waals surface area contributed by atoms with Crippen molar-refractivity contribution in [3.63, 3.8) is 0 Å². The SMILES string of the molecule is CCC(Nc1cc2c(cc1Cl)OCO2)c1ccc(O)cc1. The summed E-state index contributed by atoms with van der Waals surface area (Å²) in [6.07, 6.45) is 0.884. The zero-order valence-electron chi connectivity index (χ0n) is 11.6. The molecule has 0 saturated heterocycles. The molecule has 110 valence electrons. The molecule has 0 spiro atoms. The average Bonchev–Trinajstić information content (AvgIpc) is 2.93. The smallest absolute Gasteiger partial charge is 0.231 e. The van der Waals surface area contributed by atoms with Crippen molar-refractivity contribution in [2.24, 2.45) is 0 Å². The van der Waals surface area contributed by atoms with E-state index in [1.165, 1.54) is 0 Å². The molecule has 0 amide bonds. The van der Waals surface area contributed by atoms with E-state index in [-0.39, 0.29) is 18.6 Å². The van der Waals surface area contributed by atoms with E-state index in [2.05, 4.69) is 12.2 Å². The number of nitrogens with one attached hydrogen (secondary N) is 1. The summed E-state index contributed by atoms with van der Waals surface area (Å²) in [4.78, 5) is 0. The number of anilines is 1. The number of halogens is 1. The fourth-order valence-electron chi connectivity index (χ4n) is 2.34. The van der Waals surface area contributed by atoms with Crippen molar-refractivity contribution in [3.05, 3.63) is 47.0 Å². The molecular weight excluding hydrogens is 290 g/mol. The third-order valence-corrected chi connectivity index (χ3v) is 3.81. The van der Waals surface area contributed by atoms with Crippen LogP contribution in [0.15, 0.2) is 36.4 Å². The second kappa shape index (κ2) is 5.74. The number of rotatable bonds is 4. The van der Waals surface area contributed by atoms with Gasteiger partial charge in [0.25, 0.3) is 0 Å². The third-order valence-electron chi connectivity index (χ3n) is 3.50. The van der Waals surface area contributed by atoms with Gasteiger partial charge in [-0.3, -0.25) is 0 Å². The lowest BCUT2D eigenvalue weighted by molar-refractivity contribution is 0.174. The van der Waals surface area contributed by atoms with Crippen molar-refractivity contribution < 1.29 is 14.6 Å². The Bertz CT molecular complexity index is 643. The van der Waals surface area contributed by atoms with Gasteiger partial charge < -0.3 is 19.9 Å². The van der Waals surface area contributed by atoms with Gasteiger partial charge in [-0.2, -0.15) is 0 Å². The molecule has 2 N–H and O–H groups in total. The summed E-state index contributed by atoms with van der Waals surface area (Å²) < 4.78 is 10.7. The molecule has 2 aromatic carbocycles. The topological polar surface area (TPSA) is 50.7 Å². The molecule has 21 heavy (non-hydrogen) atoms. The number of phenols is 1. The number of benzene rings is 2. The Morgan fingerprint density at radius 2 is 1.86 bits per heavy atom. The molecule has 0 bridgehead atoms. The zero-order valence-corrected chi connectivity index (χ0v) is 12.4. The van der Waals surface area contributed by atoms with E-state index in [4.69, 9.17) is 21.1 Å². The van der Waals surface area contributed by atoms with Crippen molar-refractivity contribution in [3.8, 4) is 17.2 Å². The molecule has 5 heteroatoms. The van der Waals surface area contributed by atoms with Crippen LogP contribution in [0.4, 0.5) is 5.69 Å². The Morgan fingerprint density at radius 1 is 1.19 bits per heavy atom. The number of phenolic OH excluding ortho intramolecular Hbond substituents is 1. The van der Waals surface area contributed by atoms with Crippen molar-refractivity contribution in [1.29, 1.82) is 0 Å². The van der Waals surface area contributed by atoms with E-state index in [9.17, 15) is 5.11 Å². The molecule has 1 unspecified atom stereocenters. The maximum atomic E-state index is 9.38. The lowest BCUT2D eigenvalue weighted by Crippen LogP contribution is -2.09. The molecule has 1 atom stereocenters. The number of fused-ring (bicyclic) bond motifs is 1. The fourth-order valence-corrected chi connectivity index (χ4v) is 2.55. The van der Waals surface area contributed by atoms with Gasteiger partial charge in [-0.25, -0.2) is 0 Å². The van der Waals surface area contributed by atoms with Crippen LogP contribution in [0.5, 0.6) is 17.2 Å². The maximum Gasteiger partial charge on any atom is 0.231 e. The van der Waals surface area contributed by atoms with Gasteiger partial charge in [0, 0.05) is 12.1 Å². The van der Waals surface area contributed by atoms with Crippen LogP contribution in [0.1, 0.15) is 24.9 Å². The molecule has 2 aromatic rings. The van der Waals surface area contributed by atoms with Gasteiger partial charge in [0.05, 0.1) is 16.8 Å². The summed E-state index contributed by atoms with van der Waals surface area (Å²) in [5, 5.41) is 13.4. The highest BCUT2D eigenvalue weighted by Gasteiger charge is 2.18. The predicted octanol–water partition coefficient (Wildman–Crippen LogP) is 4.34. The number of hydrogen-bond donors (Lipinski definition) is 2. The fraction of sp³-hybridized carbons (Fsp3) is 0.250. The number of ether oxygens (including phenoxy) is 2. The molecule has 0 radical (unpaired) electrons. The first kappa shape index (κ1) is 13.9. The van der Waals surface area contributed by atoms with E-state index in [0.29, 0.717) is 16.5 Å². The van der Waals surface area contributed by atoms with Crippen molar-refractivity contribution in [2.75, 3.05) is 12.1 Å². The minimum Gasteiger partial charge on any atom is -0.508 e. The molecule has 0 aliphatic carbocycles. The van der Waals surface area contributed by atoms with Crippen LogP contribution in [-0.2, 0) is 0 Å². The Kier molecular flexibility index (Phi) is 3.80. The zero-order chi connectivity index (χ0) is 14.8. The first-order valence-corrected chi connectivity index (χ1v) is 7.19. The first-order chi connectivity index (χ1) is 10.2. The Morgan fingerprint density at radius 3 is 2.52 bits per heavy atom. The minimum absolute atomic E-state index is 0.100. The number of aromatic hydroxyl groups is 1. The summed E-state index contributed by atoms with van der Waals surface area (Å²) in [6.45, 7) is 2.32. The summed E-state index contributed by atoms with van der Waals surface area (Å²) in [5.74, 6) is 1.63. The number of hydrogen-bond acceptors (Lipinski definition) is 4. The van der Waals surface area contributed by atoms with Crippen LogP contribution in [-0.4, -0.2) is 11.9 Å². The molecule has 1 aliphatic heterocycles. The van der Waals surface area contributed by atoms with Crippen LogP contribution >= 0.6 is 11.6 Å². The van der Waals surface area contributed by atoms with Gasteiger partial charge in [-0.15, -0.1) is 0 Å². The van der Waals surface area contributed by atoms with Gasteiger partial charge in [0.1, 0.15) is 5.75 Å². The van der Waals surface area contributed by atoms with Crippen molar-refractivity contribution in [1.82, 2.24) is 0 Å². The van der Waals surface area contributed by atoms with Gasteiger partial charge in [0.15, 0.2) is 11.5 Å². The van der Waals surface area contributed by atoms with Crippen LogP contribution in [0.25, 0.3) is 0 Å². The lowest BCUT2D eigenvalue weighted by Gasteiger charge is -2.20. The van der Waals surface area contributed by atoms with E-state index in [0.717, 1.165) is 17.7 Å². The third kappa shape index (κ3) is 2.85. The van der Waals surface area contributed by atoms with Gasteiger partial charge in [0.2, 0.25) is 6.79 Å². The molecular formula is C16H16ClNO3. The Hall–Kier alpha value is -2.07. The molecule has 1 heterocycles. The Balaban J connectivity index is 1.85. The van der Waals surface area contributed by atoms with Gasteiger partial charge in [-0.05, 0) is 24.1 Å². The van der Waals surface area contributed by atoms with Gasteiger partial charge in [-0.1, -0.05) is 30.7 Å². The predicted molar refractivity (Wildman–Crippen MR) is 82.3 cm³/mol. The van der Waals surface area contributed by atoms with Crippen molar-refractivity contribution >= 4 is 17.3 Å². The normalized spacial score (nSPS) is 14.0. The molecule has 3 rings (SSSR count).